The molecule has 4 nitrogen and oxygen atoms in total. The third kappa shape index (κ3) is 2.42. The molecule has 1 N–H and O–H groups in total. The molecule has 0 bridgehead atoms. The van der Waals surface area contributed by atoms with E-state index >= 15 is 0 Å². The van der Waals surface area contributed by atoms with Crippen LogP contribution < -0.4 is 4.74 Å². The fraction of sp³-hybridized carbons (Fsp3) is 0.333. The van der Waals surface area contributed by atoms with Gasteiger partial charge in [0, 0.05) is 5.69 Å². The highest BCUT2D eigenvalue weighted by atomic mass is 19.1. The lowest BCUT2D eigenvalue weighted by atomic mass is 10.3. The summed E-state index contributed by atoms with van der Waals surface area (Å²) in [6.45, 7) is 0.851. The number of carbonyl (C=O) groups is 1. The number of nitrogens with zero attached hydrogens (tertiary/aromatic N) is 1. The molecule has 0 saturated carbocycles. The van der Waals surface area contributed by atoms with E-state index in [4.69, 9.17) is 9.84 Å². The van der Waals surface area contributed by atoms with Crippen LogP contribution in [0.1, 0.15) is 16.2 Å². The Balaban J connectivity index is 2.96. The van der Waals surface area contributed by atoms with Gasteiger partial charge in [-0.1, -0.05) is 0 Å². The fourth-order valence-electron chi connectivity index (χ4n) is 0.962. The SMILES string of the molecule is Cc1ccc(OCCF)c(C(=O)O)n1. The van der Waals surface area contributed by atoms with Gasteiger partial charge in [-0.2, -0.15) is 0 Å². The molecule has 0 fully saturated rings. The van der Waals surface area contributed by atoms with Crippen molar-refractivity contribution in [1.82, 2.24) is 4.98 Å². The van der Waals surface area contributed by atoms with Gasteiger partial charge in [0.25, 0.3) is 0 Å². The predicted molar refractivity (Wildman–Crippen MR) is 47.4 cm³/mol. The highest BCUT2D eigenvalue weighted by Gasteiger charge is 2.12. The number of aromatic carboxylic acids is 1. The first-order chi connectivity index (χ1) is 6.65. The quantitative estimate of drug-likeness (QED) is 0.797. The number of hydrogen-bond acceptors (Lipinski definition) is 3. The van der Waals surface area contributed by atoms with Crippen LogP contribution in [0.2, 0.25) is 0 Å². The lowest BCUT2D eigenvalue weighted by molar-refractivity contribution is 0.0684. The normalized spacial score (nSPS) is 9.86. The first-order valence-corrected chi connectivity index (χ1v) is 4.05. The van der Waals surface area contributed by atoms with E-state index in [1.807, 2.05) is 0 Å². The Morgan fingerprint density at radius 3 is 2.93 bits per heavy atom. The molecule has 0 aliphatic heterocycles. The van der Waals surface area contributed by atoms with Crippen molar-refractivity contribution in [2.24, 2.45) is 0 Å². The monoisotopic (exact) mass is 199 g/mol. The zero-order valence-electron chi connectivity index (χ0n) is 7.66. The Labute approximate surface area is 80.3 Å². The van der Waals surface area contributed by atoms with E-state index in [2.05, 4.69) is 4.98 Å². The highest BCUT2D eigenvalue weighted by molar-refractivity contribution is 5.88. The lowest BCUT2D eigenvalue weighted by Crippen LogP contribution is -2.08. The number of aromatic nitrogens is 1. The van der Waals surface area contributed by atoms with Gasteiger partial charge >= 0.3 is 5.97 Å². The molecule has 0 radical (unpaired) electrons. The van der Waals surface area contributed by atoms with E-state index in [9.17, 15) is 9.18 Å². The molecule has 0 aliphatic rings. The standard InChI is InChI=1S/C9H10FNO3/c1-6-2-3-7(14-5-4-10)8(11-6)9(12)13/h2-3H,4-5H2,1H3,(H,12,13). The largest absolute Gasteiger partial charge is 0.488 e. The second kappa shape index (κ2) is 4.55. The molecular weight excluding hydrogens is 189 g/mol. The lowest BCUT2D eigenvalue weighted by Gasteiger charge is -2.06. The van der Waals surface area contributed by atoms with Crippen molar-refractivity contribution in [2.45, 2.75) is 6.92 Å². The van der Waals surface area contributed by atoms with Gasteiger partial charge in [0.05, 0.1) is 0 Å². The minimum Gasteiger partial charge on any atom is -0.488 e. The summed E-state index contributed by atoms with van der Waals surface area (Å²) in [7, 11) is 0. The first-order valence-electron chi connectivity index (χ1n) is 4.05. The van der Waals surface area contributed by atoms with Crippen LogP contribution in [0.4, 0.5) is 4.39 Å². The minimum absolute atomic E-state index is 0.0979. The maximum atomic E-state index is 11.8. The van der Waals surface area contributed by atoms with E-state index < -0.39 is 12.6 Å². The Bertz CT molecular complexity index is 341. The smallest absolute Gasteiger partial charge is 0.358 e. The van der Waals surface area contributed by atoms with Crippen LogP contribution in [0.15, 0.2) is 12.1 Å². The van der Waals surface area contributed by atoms with E-state index in [-0.39, 0.29) is 18.1 Å². The number of rotatable bonds is 4. The Kier molecular flexibility index (Phi) is 3.39. The number of hydrogen-bond donors (Lipinski definition) is 1. The number of pyridine rings is 1. The summed E-state index contributed by atoms with van der Waals surface area (Å²) < 4.78 is 16.7. The van der Waals surface area contributed by atoms with Gasteiger partial charge in [-0.25, -0.2) is 14.2 Å². The van der Waals surface area contributed by atoms with Crippen LogP contribution in [0.25, 0.3) is 0 Å². The van der Waals surface area contributed by atoms with Crippen LogP contribution >= 0.6 is 0 Å². The van der Waals surface area contributed by atoms with Crippen molar-refractivity contribution >= 4 is 5.97 Å². The molecule has 1 heterocycles. The summed E-state index contributed by atoms with van der Waals surface area (Å²) in [5.74, 6) is -1.08. The molecule has 0 amide bonds. The molecule has 0 unspecified atom stereocenters. The van der Waals surface area contributed by atoms with Crippen molar-refractivity contribution in [3.8, 4) is 5.75 Å². The molecule has 1 rings (SSSR count). The number of ether oxygens (including phenoxy) is 1. The summed E-state index contributed by atoms with van der Waals surface area (Å²) in [5, 5.41) is 8.75. The first kappa shape index (κ1) is 10.4. The molecule has 0 spiro atoms. The fourth-order valence-corrected chi connectivity index (χ4v) is 0.962. The van der Waals surface area contributed by atoms with Gasteiger partial charge in [0.1, 0.15) is 13.3 Å². The molecule has 5 heteroatoms. The van der Waals surface area contributed by atoms with Gasteiger partial charge in [0.15, 0.2) is 11.4 Å². The van der Waals surface area contributed by atoms with Crippen LogP contribution in [-0.4, -0.2) is 29.3 Å². The van der Waals surface area contributed by atoms with E-state index in [0.717, 1.165) is 0 Å². The van der Waals surface area contributed by atoms with Crippen LogP contribution in [0, 0.1) is 6.92 Å². The van der Waals surface area contributed by atoms with E-state index in [1.54, 1.807) is 13.0 Å². The van der Waals surface area contributed by atoms with Gasteiger partial charge in [-0.3, -0.25) is 0 Å². The maximum absolute atomic E-state index is 11.8. The van der Waals surface area contributed by atoms with Crippen LogP contribution in [0.3, 0.4) is 0 Å². The van der Waals surface area contributed by atoms with Crippen molar-refractivity contribution < 1.29 is 19.0 Å². The van der Waals surface area contributed by atoms with Gasteiger partial charge < -0.3 is 9.84 Å². The Hall–Kier alpha value is -1.65. The summed E-state index contributed by atoms with van der Waals surface area (Å²) >= 11 is 0. The van der Waals surface area contributed by atoms with Gasteiger partial charge in [0.2, 0.25) is 0 Å². The zero-order valence-corrected chi connectivity index (χ0v) is 7.66. The summed E-state index contributed by atoms with van der Waals surface area (Å²) in [5.41, 5.74) is 0.397. The third-order valence-corrected chi connectivity index (χ3v) is 1.53. The number of alkyl halides is 1. The van der Waals surface area contributed by atoms with Crippen LogP contribution in [-0.2, 0) is 0 Å². The number of carboxylic acid groups (broad SMARTS) is 1. The van der Waals surface area contributed by atoms with Crippen molar-refractivity contribution in [3.63, 3.8) is 0 Å². The minimum atomic E-state index is -1.18. The highest BCUT2D eigenvalue weighted by Crippen LogP contribution is 2.16. The average Bonchev–Trinajstić information content (AvgIpc) is 2.15. The molecular formula is C9H10FNO3. The summed E-state index contributed by atoms with van der Waals surface area (Å²) in [6.07, 6.45) is 0. The predicted octanol–water partition coefficient (Wildman–Crippen LogP) is 1.44. The molecule has 0 atom stereocenters. The van der Waals surface area contributed by atoms with Gasteiger partial charge in [-0.05, 0) is 19.1 Å². The number of carboxylic acids is 1. The summed E-state index contributed by atoms with van der Waals surface area (Å²) in [6, 6.07) is 3.08. The second-order valence-electron chi connectivity index (χ2n) is 2.64. The summed E-state index contributed by atoms with van der Waals surface area (Å²) in [4.78, 5) is 14.5. The third-order valence-electron chi connectivity index (χ3n) is 1.53. The zero-order chi connectivity index (χ0) is 10.6. The molecule has 0 aliphatic carbocycles. The molecule has 14 heavy (non-hydrogen) atoms. The number of aryl methyl sites for hydroxylation is 1. The van der Waals surface area contributed by atoms with Crippen molar-refractivity contribution in [2.75, 3.05) is 13.3 Å². The van der Waals surface area contributed by atoms with E-state index in [1.165, 1.54) is 6.07 Å². The maximum Gasteiger partial charge on any atom is 0.358 e. The average molecular weight is 199 g/mol. The van der Waals surface area contributed by atoms with Gasteiger partial charge in [-0.15, -0.1) is 0 Å². The Morgan fingerprint density at radius 2 is 2.36 bits per heavy atom. The topological polar surface area (TPSA) is 59.4 Å². The molecule has 1 aromatic rings. The Morgan fingerprint density at radius 1 is 1.64 bits per heavy atom. The molecule has 0 aromatic carbocycles. The molecule has 0 saturated heterocycles. The number of halogens is 1. The van der Waals surface area contributed by atoms with Crippen molar-refractivity contribution in [3.05, 3.63) is 23.5 Å². The van der Waals surface area contributed by atoms with Crippen LogP contribution in [0.5, 0.6) is 5.75 Å². The van der Waals surface area contributed by atoms with E-state index in [0.29, 0.717) is 5.69 Å². The van der Waals surface area contributed by atoms with Crippen molar-refractivity contribution in [1.29, 1.82) is 0 Å². The second-order valence-corrected chi connectivity index (χ2v) is 2.64. The molecule has 76 valence electrons. The molecule has 1 aromatic heterocycles.